The van der Waals surface area contributed by atoms with Crippen molar-refractivity contribution in [2.24, 2.45) is 5.92 Å². The zero-order valence-corrected chi connectivity index (χ0v) is 11.9. The van der Waals surface area contributed by atoms with Crippen molar-refractivity contribution in [3.63, 3.8) is 0 Å². The molecule has 0 bridgehead atoms. The van der Waals surface area contributed by atoms with E-state index in [-0.39, 0.29) is 11.7 Å². The average Bonchev–Trinajstić information content (AvgIpc) is 2.35. The summed E-state index contributed by atoms with van der Waals surface area (Å²) in [5.41, 5.74) is 0.431. The van der Waals surface area contributed by atoms with Crippen LogP contribution in [0.2, 0.25) is 10.0 Å². The van der Waals surface area contributed by atoms with Crippen molar-refractivity contribution < 1.29 is 4.79 Å². The zero-order valence-electron chi connectivity index (χ0n) is 10.4. The molecule has 0 saturated carbocycles. The highest BCUT2D eigenvalue weighted by Gasteiger charge is 2.29. The number of ketones is 1. The Morgan fingerprint density at radius 2 is 1.78 bits per heavy atom. The van der Waals surface area contributed by atoms with Gasteiger partial charge in [-0.1, -0.05) is 43.1 Å². The maximum absolute atomic E-state index is 12.3. The van der Waals surface area contributed by atoms with Crippen molar-refractivity contribution in [2.45, 2.75) is 32.6 Å². The number of hydrogen-bond acceptors (Lipinski definition) is 2. The molecule has 0 aliphatic carbocycles. The van der Waals surface area contributed by atoms with Gasteiger partial charge in [0.2, 0.25) is 0 Å². The Hall–Kier alpha value is -1.04. The van der Waals surface area contributed by atoms with Crippen LogP contribution in [0.15, 0.2) is 18.2 Å². The molecule has 2 nitrogen and oxygen atoms in total. The van der Waals surface area contributed by atoms with Gasteiger partial charge in [-0.25, -0.2) is 0 Å². The lowest BCUT2D eigenvalue weighted by molar-refractivity contribution is -0.123. The first-order valence-corrected chi connectivity index (χ1v) is 6.69. The van der Waals surface area contributed by atoms with Crippen molar-refractivity contribution in [1.29, 1.82) is 5.26 Å². The van der Waals surface area contributed by atoms with Crippen LogP contribution in [-0.2, 0) is 4.79 Å². The molecule has 1 rings (SSSR count). The van der Waals surface area contributed by atoms with E-state index < -0.39 is 5.92 Å². The Morgan fingerprint density at radius 3 is 2.17 bits per heavy atom. The largest absolute Gasteiger partial charge is 0.298 e. The average molecular weight is 284 g/mol. The molecule has 0 spiro atoms. The van der Waals surface area contributed by atoms with Gasteiger partial charge in [0.1, 0.15) is 5.92 Å². The minimum Gasteiger partial charge on any atom is -0.298 e. The molecule has 0 saturated heterocycles. The lowest BCUT2D eigenvalue weighted by Crippen LogP contribution is -2.21. The van der Waals surface area contributed by atoms with Gasteiger partial charge >= 0.3 is 0 Å². The lowest BCUT2D eigenvalue weighted by atomic mass is 9.85. The standard InChI is InChI=1S/C14H15Cl2NO/c1-3-9(4-2)14(18)10(8-17)13-11(15)6-5-7-12(13)16/h5-7,9-10H,3-4H2,1-2H3. The van der Waals surface area contributed by atoms with Gasteiger partial charge in [-0.15, -0.1) is 0 Å². The summed E-state index contributed by atoms with van der Waals surface area (Å²) in [6.07, 6.45) is 1.44. The van der Waals surface area contributed by atoms with Crippen LogP contribution in [0.5, 0.6) is 0 Å². The third kappa shape index (κ3) is 3.04. The number of halogens is 2. The van der Waals surface area contributed by atoms with Crippen LogP contribution < -0.4 is 0 Å². The molecule has 18 heavy (non-hydrogen) atoms. The topological polar surface area (TPSA) is 40.9 Å². The fourth-order valence-electron chi connectivity index (χ4n) is 1.98. The van der Waals surface area contributed by atoms with Crippen LogP contribution in [0.1, 0.15) is 38.2 Å². The maximum Gasteiger partial charge on any atom is 0.157 e. The number of carbonyl (C=O) groups excluding carboxylic acids is 1. The highest BCUT2D eigenvalue weighted by Crippen LogP contribution is 2.34. The smallest absolute Gasteiger partial charge is 0.157 e. The number of benzene rings is 1. The predicted octanol–water partition coefficient (Wildman–Crippen LogP) is 4.61. The molecular weight excluding hydrogens is 269 g/mol. The summed E-state index contributed by atoms with van der Waals surface area (Å²) in [6, 6.07) is 7.02. The highest BCUT2D eigenvalue weighted by atomic mass is 35.5. The van der Waals surface area contributed by atoms with Crippen LogP contribution in [0.25, 0.3) is 0 Å². The second-order valence-corrected chi connectivity index (χ2v) is 4.93. The zero-order chi connectivity index (χ0) is 13.7. The van der Waals surface area contributed by atoms with Crippen molar-refractivity contribution in [3.8, 4) is 6.07 Å². The van der Waals surface area contributed by atoms with Gasteiger partial charge in [0.25, 0.3) is 0 Å². The van der Waals surface area contributed by atoms with Crippen molar-refractivity contribution in [3.05, 3.63) is 33.8 Å². The monoisotopic (exact) mass is 283 g/mol. The number of rotatable bonds is 5. The van der Waals surface area contributed by atoms with Crippen molar-refractivity contribution in [1.82, 2.24) is 0 Å². The van der Waals surface area contributed by atoms with Crippen LogP contribution in [0, 0.1) is 17.2 Å². The summed E-state index contributed by atoms with van der Waals surface area (Å²) >= 11 is 12.1. The molecule has 0 N–H and O–H groups in total. The van der Waals surface area contributed by atoms with E-state index in [1.165, 1.54) is 0 Å². The molecular formula is C14H15Cl2NO. The molecule has 0 aliphatic rings. The van der Waals surface area contributed by atoms with E-state index >= 15 is 0 Å². The van der Waals surface area contributed by atoms with E-state index in [9.17, 15) is 10.1 Å². The van der Waals surface area contributed by atoms with Gasteiger partial charge < -0.3 is 0 Å². The normalized spacial score (nSPS) is 12.2. The van der Waals surface area contributed by atoms with Gasteiger partial charge in [0, 0.05) is 21.5 Å². The minimum absolute atomic E-state index is 0.0995. The third-order valence-corrected chi connectivity index (χ3v) is 3.75. The summed E-state index contributed by atoms with van der Waals surface area (Å²) in [6.45, 7) is 3.88. The molecule has 1 aromatic rings. The number of Topliss-reactive ketones (excluding diaryl/α,β-unsaturated/α-hetero) is 1. The first-order chi connectivity index (χ1) is 8.56. The summed E-state index contributed by atoms with van der Waals surface area (Å²) in [4.78, 5) is 12.3. The molecule has 0 aliphatic heterocycles. The van der Waals surface area contributed by atoms with Gasteiger partial charge in [-0.05, 0) is 25.0 Å². The Kier molecular flexibility index (Phi) is 5.65. The van der Waals surface area contributed by atoms with Crippen molar-refractivity contribution in [2.75, 3.05) is 0 Å². The van der Waals surface area contributed by atoms with E-state index in [0.717, 1.165) is 12.8 Å². The highest BCUT2D eigenvalue weighted by molar-refractivity contribution is 6.36. The summed E-state index contributed by atoms with van der Waals surface area (Å²) in [5, 5.41) is 9.99. The predicted molar refractivity (Wildman–Crippen MR) is 73.9 cm³/mol. The van der Waals surface area contributed by atoms with Gasteiger partial charge in [-0.2, -0.15) is 5.26 Å². The summed E-state index contributed by atoms with van der Waals surface area (Å²) in [7, 11) is 0. The Balaban J connectivity index is 3.19. The van der Waals surface area contributed by atoms with E-state index in [0.29, 0.717) is 15.6 Å². The molecule has 96 valence electrons. The van der Waals surface area contributed by atoms with E-state index in [1.54, 1.807) is 18.2 Å². The first-order valence-electron chi connectivity index (χ1n) is 5.94. The first kappa shape index (κ1) is 15.0. The maximum atomic E-state index is 12.3. The van der Waals surface area contributed by atoms with Crippen LogP contribution in [0.4, 0.5) is 0 Å². The molecule has 0 radical (unpaired) electrons. The fourth-order valence-corrected chi connectivity index (χ4v) is 2.60. The quantitative estimate of drug-likeness (QED) is 0.792. The molecule has 0 heterocycles. The molecule has 1 atom stereocenters. The van der Waals surface area contributed by atoms with E-state index in [1.807, 2.05) is 19.9 Å². The van der Waals surface area contributed by atoms with E-state index in [2.05, 4.69) is 0 Å². The molecule has 0 amide bonds. The molecule has 0 fully saturated rings. The Bertz CT molecular complexity index is 455. The molecule has 4 heteroatoms. The lowest BCUT2D eigenvalue weighted by Gasteiger charge is -2.17. The fraction of sp³-hybridized carbons (Fsp3) is 0.429. The van der Waals surface area contributed by atoms with Gasteiger partial charge in [0.05, 0.1) is 6.07 Å². The summed E-state index contributed by atoms with van der Waals surface area (Å²) in [5.74, 6) is -1.10. The molecule has 1 aromatic carbocycles. The van der Waals surface area contributed by atoms with Crippen LogP contribution in [-0.4, -0.2) is 5.78 Å². The Labute approximate surface area is 118 Å². The number of hydrogen-bond donors (Lipinski definition) is 0. The molecule has 0 aromatic heterocycles. The minimum atomic E-state index is -0.879. The Morgan fingerprint density at radius 1 is 1.28 bits per heavy atom. The SMILES string of the molecule is CCC(CC)C(=O)C(C#N)c1c(Cl)cccc1Cl. The second kappa shape index (κ2) is 6.78. The summed E-state index contributed by atoms with van der Waals surface area (Å²) < 4.78 is 0. The van der Waals surface area contributed by atoms with Gasteiger partial charge in [-0.3, -0.25) is 4.79 Å². The second-order valence-electron chi connectivity index (χ2n) is 4.11. The van der Waals surface area contributed by atoms with Gasteiger partial charge in [0.15, 0.2) is 5.78 Å². The van der Waals surface area contributed by atoms with E-state index in [4.69, 9.17) is 23.2 Å². The molecule has 1 unspecified atom stereocenters. The number of nitrogens with zero attached hydrogens (tertiary/aromatic N) is 1. The van der Waals surface area contributed by atoms with Crippen LogP contribution >= 0.6 is 23.2 Å². The van der Waals surface area contributed by atoms with Crippen LogP contribution in [0.3, 0.4) is 0 Å². The number of carbonyl (C=O) groups is 1. The third-order valence-electron chi connectivity index (χ3n) is 3.09. The van der Waals surface area contributed by atoms with Crippen molar-refractivity contribution >= 4 is 29.0 Å². The number of nitriles is 1.